The molecular formula is C16H13ClN4O. The van der Waals surface area contributed by atoms with E-state index in [0.717, 1.165) is 22.1 Å². The molecule has 1 unspecified atom stereocenters. The maximum atomic E-state index is 11.2. The summed E-state index contributed by atoms with van der Waals surface area (Å²) in [5.74, 6) is -1.43. The van der Waals surface area contributed by atoms with Crippen molar-refractivity contribution in [3.63, 3.8) is 0 Å². The molecule has 22 heavy (non-hydrogen) atoms. The summed E-state index contributed by atoms with van der Waals surface area (Å²) in [4.78, 5) is 8.63. The van der Waals surface area contributed by atoms with Gasteiger partial charge in [0.15, 0.2) is 0 Å². The van der Waals surface area contributed by atoms with E-state index in [0.29, 0.717) is 0 Å². The first-order valence-electron chi connectivity index (χ1n) is 6.87. The summed E-state index contributed by atoms with van der Waals surface area (Å²) in [7, 11) is 0. The van der Waals surface area contributed by atoms with Crippen molar-refractivity contribution in [2.24, 2.45) is 0 Å². The molecule has 4 rings (SSSR count). The predicted molar refractivity (Wildman–Crippen MR) is 85.7 cm³/mol. The minimum atomic E-state index is -1.43. The number of hydrogen-bond acceptors (Lipinski definition) is 3. The highest BCUT2D eigenvalue weighted by molar-refractivity contribution is 6.29. The molecule has 110 valence electrons. The van der Waals surface area contributed by atoms with Gasteiger partial charge in [0.2, 0.25) is 11.1 Å². The van der Waals surface area contributed by atoms with Crippen molar-refractivity contribution in [1.29, 1.82) is 0 Å². The van der Waals surface area contributed by atoms with Crippen LogP contribution in [0.3, 0.4) is 0 Å². The lowest BCUT2D eigenvalue weighted by atomic mass is 10.3. The zero-order valence-corrected chi connectivity index (χ0v) is 12.6. The van der Waals surface area contributed by atoms with Crippen LogP contribution in [0.25, 0.3) is 22.1 Å². The fourth-order valence-corrected chi connectivity index (χ4v) is 3.15. The van der Waals surface area contributed by atoms with E-state index < -0.39 is 5.85 Å². The summed E-state index contributed by atoms with van der Waals surface area (Å²) >= 11 is 6.28. The number of aromatic nitrogens is 4. The van der Waals surface area contributed by atoms with Gasteiger partial charge in [-0.05, 0) is 35.9 Å². The molecule has 4 aromatic rings. The molecule has 6 heteroatoms. The third-order valence-corrected chi connectivity index (χ3v) is 4.11. The van der Waals surface area contributed by atoms with Crippen molar-refractivity contribution in [2.45, 2.75) is 12.8 Å². The fraction of sp³-hybridized carbons (Fsp3) is 0.125. The summed E-state index contributed by atoms with van der Waals surface area (Å²) in [5.41, 5.74) is 3.12. The van der Waals surface area contributed by atoms with E-state index in [4.69, 9.17) is 11.6 Å². The van der Waals surface area contributed by atoms with Gasteiger partial charge in [0.1, 0.15) is 0 Å². The average Bonchev–Trinajstić information content (AvgIpc) is 3.07. The first kappa shape index (κ1) is 13.3. The summed E-state index contributed by atoms with van der Waals surface area (Å²) < 4.78 is 3.28. The molecule has 1 atom stereocenters. The average molecular weight is 313 g/mol. The van der Waals surface area contributed by atoms with Gasteiger partial charge in [-0.2, -0.15) is 0 Å². The van der Waals surface area contributed by atoms with E-state index in [-0.39, 0.29) is 5.28 Å². The lowest BCUT2D eigenvalue weighted by Gasteiger charge is -2.28. The second kappa shape index (κ2) is 4.56. The van der Waals surface area contributed by atoms with E-state index >= 15 is 0 Å². The highest BCUT2D eigenvalue weighted by atomic mass is 35.5. The van der Waals surface area contributed by atoms with Gasteiger partial charge in [0.05, 0.1) is 28.4 Å². The monoisotopic (exact) mass is 312 g/mol. The van der Waals surface area contributed by atoms with Gasteiger partial charge in [-0.3, -0.25) is 9.13 Å². The molecule has 0 fully saturated rings. The Kier molecular flexibility index (Phi) is 2.76. The summed E-state index contributed by atoms with van der Waals surface area (Å²) in [6, 6.07) is 15.1. The quantitative estimate of drug-likeness (QED) is 0.618. The van der Waals surface area contributed by atoms with Crippen LogP contribution in [0, 0.1) is 0 Å². The number of imidazole rings is 2. The zero-order chi connectivity index (χ0) is 15.3. The van der Waals surface area contributed by atoms with E-state index in [1.165, 1.54) is 0 Å². The normalized spacial score (nSPS) is 14.5. The number of rotatable bonds is 2. The van der Waals surface area contributed by atoms with Crippen molar-refractivity contribution in [1.82, 2.24) is 19.1 Å². The van der Waals surface area contributed by atoms with Crippen LogP contribution in [-0.4, -0.2) is 24.2 Å². The Bertz CT molecular complexity index is 986. The second-order valence-corrected chi connectivity index (χ2v) is 5.62. The van der Waals surface area contributed by atoms with Crippen molar-refractivity contribution < 1.29 is 5.11 Å². The molecule has 0 radical (unpaired) electrons. The lowest BCUT2D eigenvalue weighted by Crippen LogP contribution is -2.37. The Morgan fingerprint density at radius 3 is 2.41 bits per heavy atom. The minimum absolute atomic E-state index is 0.226. The van der Waals surface area contributed by atoms with Crippen molar-refractivity contribution in [2.75, 3.05) is 0 Å². The van der Waals surface area contributed by atoms with Crippen LogP contribution in [0.4, 0.5) is 0 Å². The van der Waals surface area contributed by atoms with Gasteiger partial charge in [0.25, 0.3) is 0 Å². The maximum absolute atomic E-state index is 11.2. The smallest absolute Gasteiger partial charge is 0.227 e. The standard InChI is InChI=1S/C16H13ClN4O/c1-16(22,20-10-18-11-6-2-4-8-13(11)20)21-14-9-5-3-7-12(14)19-15(21)17/h2-10,22H,1H3. The molecule has 0 amide bonds. The predicted octanol–water partition coefficient (Wildman–Crippen LogP) is 3.21. The van der Waals surface area contributed by atoms with Gasteiger partial charge in [-0.15, -0.1) is 0 Å². The van der Waals surface area contributed by atoms with Crippen LogP contribution in [0.5, 0.6) is 0 Å². The first-order valence-corrected chi connectivity index (χ1v) is 7.25. The van der Waals surface area contributed by atoms with Crippen LogP contribution in [0.15, 0.2) is 54.9 Å². The minimum Gasteiger partial charge on any atom is -0.353 e. The number of fused-ring (bicyclic) bond motifs is 2. The highest BCUT2D eigenvalue weighted by Gasteiger charge is 2.31. The van der Waals surface area contributed by atoms with Gasteiger partial charge < -0.3 is 5.11 Å². The topological polar surface area (TPSA) is 55.9 Å². The summed E-state index contributed by atoms with van der Waals surface area (Å²) in [5, 5.41) is 11.4. The number of nitrogens with zero attached hydrogens (tertiary/aromatic N) is 4. The van der Waals surface area contributed by atoms with Crippen LogP contribution < -0.4 is 0 Å². The van der Waals surface area contributed by atoms with E-state index in [9.17, 15) is 5.11 Å². The Balaban J connectivity index is 2.02. The summed E-state index contributed by atoms with van der Waals surface area (Å²) in [6.45, 7) is 1.67. The Hall–Kier alpha value is -2.37. The summed E-state index contributed by atoms with van der Waals surface area (Å²) in [6.07, 6.45) is 1.61. The van der Waals surface area contributed by atoms with Crippen LogP contribution in [-0.2, 0) is 5.85 Å². The Morgan fingerprint density at radius 1 is 1.00 bits per heavy atom. The molecular weight excluding hydrogens is 300 g/mol. The third-order valence-electron chi connectivity index (χ3n) is 3.85. The van der Waals surface area contributed by atoms with Gasteiger partial charge in [0, 0.05) is 6.92 Å². The molecule has 0 spiro atoms. The van der Waals surface area contributed by atoms with Gasteiger partial charge in [-0.25, -0.2) is 9.97 Å². The van der Waals surface area contributed by atoms with Crippen molar-refractivity contribution in [3.8, 4) is 0 Å². The molecule has 0 aliphatic rings. The Labute approximate surface area is 131 Å². The molecule has 2 aromatic carbocycles. The Morgan fingerprint density at radius 2 is 1.64 bits per heavy atom. The molecule has 0 aliphatic carbocycles. The lowest BCUT2D eigenvalue weighted by molar-refractivity contribution is -0.0407. The zero-order valence-electron chi connectivity index (χ0n) is 11.8. The molecule has 1 N–H and O–H groups in total. The number of para-hydroxylation sites is 4. The first-order chi connectivity index (χ1) is 10.6. The molecule has 0 aliphatic heterocycles. The molecule has 2 aromatic heterocycles. The maximum Gasteiger partial charge on any atom is 0.227 e. The van der Waals surface area contributed by atoms with Crippen LogP contribution in [0.1, 0.15) is 6.92 Å². The highest BCUT2D eigenvalue weighted by Crippen LogP contribution is 2.30. The van der Waals surface area contributed by atoms with E-state index in [2.05, 4.69) is 9.97 Å². The van der Waals surface area contributed by atoms with E-state index in [1.807, 2.05) is 48.5 Å². The van der Waals surface area contributed by atoms with Gasteiger partial charge >= 0.3 is 0 Å². The second-order valence-electron chi connectivity index (χ2n) is 5.28. The van der Waals surface area contributed by atoms with Gasteiger partial charge in [-0.1, -0.05) is 24.3 Å². The fourth-order valence-electron chi connectivity index (χ4n) is 2.80. The largest absolute Gasteiger partial charge is 0.353 e. The van der Waals surface area contributed by atoms with Crippen LogP contribution >= 0.6 is 11.6 Å². The number of benzene rings is 2. The number of hydrogen-bond donors (Lipinski definition) is 1. The third kappa shape index (κ3) is 1.76. The molecule has 2 heterocycles. The van der Waals surface area contributed by atoms with Crippen molar-refractivity contribution >= 4 is 33.7 Å². The number of halogens is 1. The van der Waals surface area contributed by atoms with Crippen molar-refractivity contribution in [3.05, 3.63) is 60.1 Å². The molecule has 0 saturated carbocycles. The molecule has 0 bridgehead atoms. The molecule has 0 saturated heterocycles. The SMILES string of the molecule is CC(O)(n1cnc2ccccc21)n1c(Cl)nc2ccccc21. The van der Waals surface area contributed by atoms with Crippen LogP contribution in [0.2, 0.25) is 5.28 Å². The molecule has 5 nitrogen and oxygen atoms in total. The number of aliphatic hydroxyl groups is 1. The van der Waals surface area contributed by atoms with E-state index in [1.54, 1.807) is 22.4 Å².